The Bertz CT molecular complexity index is 837. The summed E-state index contributed by atoms with van der Waals surface area (Å²) < 4.78 is 1.62. The molecule has 1 aromatic heterocycles. The number of amides is 1. The Morgan fingerprint density at radius 3 is 2.54 bits per heavy atom. The number of aromatic nitrogens is 2. The average molecular weight is 416 g/mol. The number of benzene rings is 1. The lowest BCUT2D eigenvalue weighted by Crippen LogP contribution is -2.17. The second-order valence-corrected chi connectivity index (χ2v) is 7.61. The van der Waals surface area contributed by atoms with E-state index in [1.165, 1.54) is 30.0 Å². The summed E-state index contributed by atoms with van der Waals surface area (Å²) in [6.45, 7) is 4.62. The van der Waals surface area contributed by atoms with Crippen molar-refractivity contribution < 1.29 is 14.7 Å². The quantitative estimate of drug-likeness (QED) is 0.627. The summed E-state index contributed by atoms with van der Waals surface area (Å²) in [6.07, 6.45) is 2.61. The van der Waals surface area contributed by atoms with Gasteiger partial charge in [-0.2, -0.15) is 0 Å². The summed E-state index contributed by atoms with van der Waals surface area (Å²) in [4.78, 5) is 28.5. The highest BCUT2D eigenvalue weighted by Gasteiger charge is 2.24. The SMILES string of the molecule is CSc1nc(NC(=O)c2ccc(Cl)c(Cl)c2)c(C(=O)O)n1CCC(C)C. The van der Waals surface area contributed by atoms with Gasteiger partial charge in [0.2, 0.25) is 0 Å². The van der Waals surface area contributed by atoms with Crippen molar-refractivity contribution in [1.82, 2.24) is 9.55 Å². The van der Waals surface area contributed by atoms with Crippen molar-refractivity contribution in [2.24, 2.45) is 5.92 Å². The molecule has 0 aliphatic carbocycles. The van der Waals surface area contributed by atoms with E-state index in [0.717, 1.165) is 6.42 Å². The van der Waals surface area contributed by atoms with Crippen LogP contribution in [0.5, 0.6) is 0 Å². The first-order valence-electron chi connectivity index (χ1n) is 7.88. The fourth-order valence-corrected chi connectivity index (χ4v) is 3.19. The van der Waals surface area contributed by atoms with Gasteiger partial charge < -0.3 is 15.0 Å². The normalized spacial score (nSPS) is 11.0. The van der Waals surface area contributed by atoms with Crippen molar-refractivity contribution in [3.63, 3.8) is 0 Å². The zero-order valence-electron chi connectivity index (χ0n) is 14.5. The number of carboxylic acids is 1. The van der Waals surface area contributed by atoms with Crippen molar-refractivity contribution >= 4 is 52.7 Å². The standard InChI is InChI=1S/C17H19Cl2N3O3S/c1-9(2)6-7-22-13(16(24)25)14(21-17(22)26-3)20-15(23)10-4-5-11(18)12(19)8-10/h4-5,8-9H,6-7H2,1-3H3,(H,20,23)(H,24,25). The summed E-state index contributed by atoms with van der Waals surface area (Å²) >= 11 is 13.1. The molecule has 1 heterocycles. The lowest BCUT2D eigenvalue weighted by atomic mass is 10.1. The van der Waals surface area contributed by atoms with Gasteiger partial charge in [0.05, 0.1) is 10.0 Å². The Labute approximate surface area is 165 Å². The number of nitrogens with zero attached hydrogens (tertiary/aromatic N) is 2. The van der Waals surface area contributed by atoms with Crippen molar-refractivity contribution in [2.75, 3.05) is 11.6 Å². The number of nitrogens with one attached hydrogen (secondary N) is 1. The molecule has 0 spiro atoms. The molecule has 0 saturated carbocycles. The van der Waals surface area contributed by atoms with E-state index in [2.05, 4.69) is 24.1 Å². The molecule has 0 bridgehead atoms. The molecular formula is C17H19Cl2N3O3S. The van der Waals surface area contributed by atoms with Crippen LogP contribution in [0, 0.1) is 5.92 Å². The molecule has 2 rings (SSSR count). The molecule has 1 amide bonds. The first-order chi connectivity index (χ1) is 12.2. The second kappa shape index (κ2) is 8.79. The molecule has 6 nitrogen and oxygen atoms in total. The molecule has 0 atom stereocenters. The maximum Gasteiger partial charge on any atom is 0.356 e. The first-order valence-corrected chi connectivity index (χ1v) is 9.86. The van der Waals surface area contributed by atoms with E-state index in [4.69, 9.17) is 23.2 Å². The number of anilines is 1. The molecule has 0 saturated heterocycles. The van der Waals surface area contributed by atoms with E-state index in [1.54, 1.807) is 4.57 Å². The van der Waals surface area contributed by atoms with Gasteiger partial charge in [-0.1, -0.05) is 48.8 Å². The third-order valence-electron chi connectivity index (χ3n) is 3.66. The summed E-state index contributed by atoms with van der Waals surface area (Å²) in [5, 5.41) is 13.3. The van der Waals surface area contributed by atoms with Gasteiger partial charge in [-0.05, 0) is 36.8 Å². The molecule has 0 fully saturated rings. The van der Waals surface area contributed by atoms with E-state index in [9.17, 15) is 14.7 Å². The minimum atomic E-state index is -1.15. The van der Waals surface area contributed by atoms with Crippen LogP contribution >= 0.6 is 35.0 Å². The van der Waals surface area contributed by atoms with Crippen LogP contribution in [0.4, 0.5) is 5.82 Å². The Morgan fingerprint density at radius 1 is 1.31 bits per heavy atom. The number of rotatable bonds is 7. The molecular weight excluding hydrogens is 397 g/mol. The van der Waals surface area contributed by atoms with Crippen LogP contribution in [0.25, 0.3) is 0 Å². The van der Waals surface area contributed by atoms with Crippen molar-refractivity contribution in [1.29, 1.82) is 0 Å². The van der Waals surface area contributed by atoms with Gasteiger partial charge in [-0.3, -0.25) is 4.79 Å². The fraction of sp³-hybridized carbons (Fsp3) is 0.353. The molecule has 140 valence electrons. The summed E-state index contributed by atoms with van der Waals surface area (Å²) in [5.41, 5.74) is 0.224. The van der Waals surface area contributed by atoms with Crippen molar-refractivity contribution in [3.8, 4) is 0 Å². The molecule has 0 aliphatic rings. The van der Waals surface area contributed by atoms with E-state index < -0.39 is 11.9 Å². The summed E-state index contributed by atoms with van der Waals surface area (Å²) in [6, 6.07) is 4.44. The lowest BCUT2D eigenvalue weighted by Gasteiger charge is -2.11. The molecule has 2 aromatic rings. The minimum absolute atomic E-state index is 0.0154. The Morgan fingerprint density at radius 2 is 2.00 bits per heavy atom. The van der Waals surface area contributed by atoms with Gasteiger partial charge in [-0.25, -0.2) is 9.78 Å². The highest BCUT2D eigenvalue weighted by molar-refractivity contribution is 7.98. The Hall–Kier alpha value is -1.70. The zero-order valence-corrected chi connectivity index (χ0v) is 16.9. The minimum Gasteiger partial charge on any atom is -0.476 e. The summed E-state index contributed by atoms with van der Waals surface area (Å²) in [7, 11) is 0. The van der Waals surface area contributed by atoms with Gasteiger partial charge in [-0.15, -0.1) is 0 Å². The maximum absolute atomic E-state index is 12.5. The number of hydrogen-bond acceptors (Lipinski definition) is 4. The highest BCUT2D eigenvalue weighted by atomic mass is 35.5. The molecule has 9 heteroatoms. The van der Waals surface area contributed by atoms with Crippen LogP contribution in [-0.4, -0.2) is 32.8 Å². The van der Waals surface area contributed by atoms with E-state index in [0.29, 0.717) is 22.6 Å². The van der Waals surface area contributed by atoms with Gasteiger partial charge in [0.15, 0.2) is 16.7 Å². The highest BCUT2D eigenvalue weighted by Crippen LogP contribution is 2.27. The summed E-state index contributed by atoms with van der Waals surface area (Å²) in [5.74, 6) is -1.23. The molecule has 0 radical (unpaired) electrons. The van der Waals surface area contributed by atoms with Gasteiger partial charge in [0, 0.05) is 12.1 Å². The van der Waals surface area contributed by atoms with Crippen molar-refractivity contribution in [2.45, 2.75) is 32.0 Å². The number of carbonyl (C=O) groups is 2. The largest absolute Gasteiger partial charge is 0.476 e. The fourth-order valence-electron chi connectivity index (χ4n) is 2.30. The number of hydrogen-bond donors (Lipinski definition) is 2. The number of imidazole rings is 1. The first kappa shape index (κ1) is 20.6. The van der Waals surface area contributed by atoms with Crippen molar-refractivity contribution in [3.05, 3.63) is 39.5 Å². The third kappa shape index (κ3) is 4.72. The second-order valence-electron chi connectivity index (χ2n) is 6.02. The van der Waals surface area contributed by atoms with Gasteiger partial charge in [0.25, 0.3) is 5.91 Å². The van der Waals surface area contributed by atoms with Crippen LogP contribution in [0.15, 0.2) is 23.4 Å². The van der Waals surface area contributed by atoms with Gasteiger partial charge in [0.1, 0.15) is 0 Å². The monoisotopic (exact) mass is 415 g/mol. The molecule has 0 unspecified atom stereocenters. The molecule has 26 heavy (non-hydrogen) atoms. The average Bonchev–Trinajstić information content (AvgIpc) is 2.92. The van der Waals surface area contributed by atoms with Crippen LogP contribution in [0.1, 0.15) is 41.1 Å². The number of thioether (sulfide) groups is 1. The predicted molar refractivity (Wildman–Crippen MR) is 105 cm³/mol. The number of carbonyl (C=O) groups excluding carboxylic acids is 1. The van der Waals surface area contributed by atoms with Crippen LogP contribution in [0.3, 0.4) is 0 Å². The van der Waals surface area contributed by atoms with Crippen LogP contribution < -0.4 is 5.32 Å². The Balaban J connectivity index is 2.37. The smallest absolute Gasteiger partial charge is 0.356 e. The van der Waals surface area contributed by atoms with Crippen LogP contribution in [-0.2, 0) is 6.54 Å². The lowest BCUT2D eigenvalue weighted by molar-refractivity contribution is 0.0684. The molecule has 1 aromatic carbocycles. The Kier molecular flexibility index (Phi) is 6.97. The number of halogens is 2. The van der Waals surface area contributed by atoms with E-state index >= 15 is 0 Å². The number of carboxylic acid groups (broad SMARTS) is 1. The number of aromatic carboxylic acids is 1. The topological polar surface area (TPSA) is 84.2 Å². The van der Waals surface area contributed by atoms with Gasteiger partial charge >= 0.3 is 5.97 Å². The zero-order chi connectivity index (χ0) is 19.4. The van der Waals surface area contributed by atoms with Crippen LogP contribution in [0.2, 0.25) is 10.0 Å². The third-order valence-corrected chi connectivity index (χ3v) is 5.08. The maximum atomic E-state index is 12.5. The molecule has 0 aliphatic heterocycles. The van der Waals surface area contributed by atoms with E-state index in [1.807, 2.05) is 6.26 Å². The van der Waals surface area contributed by atoms with E-state index in [-0.39, 0.29) is 22.1 Å². The predicted octanol–water partition coefficient (Wildman–Crippen LogP) is 4.91. The molecule has 2 N–H and O–H groups in total.